The second kappa shape index (κ2) is 5.63. The highest BCUT2D eigenvalue weighted by Gasteiger charge is 2.09. The van der Waals surface area contributed by atoms with Crippen molar-refractivity contribution < 1.29 is 0 Å². The number of aryl methyl sites for hydroxylation is 2. The van der Waals surface area contributed by atoms with Gasteiger partial charge in [0.05, 0.1) is 10.7 Å². The van der Waals surface area contributed by atoms with E-state index in [1.165, 1.54) is 27.3 Å². The Morgan fingerprint density at radius 3 is 2.67 bits per heavy atom. The Morgan fingerprint density at radius 1 is 1.17 bits per heavy atom. The minimum absolute atomic E-state index is 0.734. The molecule has 96 valence electrons. The number of nitrogens with zero attached hydrogens (tertiary/aromatic N) is 1. The van der Waals surface area contributed by atoms with Gasteiger partial charge in [0.1, 0.15) is 0 Å². The fraction of sp³-hybridized carbons (Fsp3) is 0.400. The Kier molecular flexibility index (Phi) is 4.15. The van der Waals surface area contributed by atoms with Gasteiger partial charge in [-0.05, 0) is 50.4 Å². The lowest BCUT2D eigenvalue weighted by Gasteiger charge is -2.09. The van der Waals surface area contributed by atoms with E-state index in [-0.39, 0.29) is 0 Å². The third-order valence-electron chi connectivity index (χ3n) is 3.48. The smallest absolute Gasteiger partial charge is 0.0933 e. The maximum absolute atomic E-state index is 5.53. The summed E-state index contributed by atoms with van der Waals surface area (Å²) in [6.45, 7) is 7.24. The highest BCUT2D eigenvalue weighted by atomic mass is 32.1. The van der Waals surface area contributed by atoms with Crippen LogP contribution < -0.4 is 5.73 Å². The highest BCUT2D eigenvalue weighted by Crippen LogP contribution is 2.28. The first-order valence-corrected chi connectivity index (χ1v) is 7.23. The molecule has 0 saturated carbocycles. The maximum atomic E-state index is 5.53. The van der Waals surface area contributed by atoms with Crippen molar-refractivity contribution in [1.82, 2.24) is 4.98 Å². The summed E-state index contributed by atoms with van der Waals surface area (Å²) in [6, 6.07) is 4.36. The maximum Gasteiger partial charge on any atom is 0.0933 e. The second-order valence-electron chi connectivity index (χ2n) is 4.70. The SMILES string of the molecule is Cc1ccc(-c2csc(CCCN)n2)c(C)c1C. The zero-order valence-electron chi connectivity index (χ0n) is 11.3. The summed E-state index contributed by atoms with van der Waals surface area (Å²) >= 11 is 1.74. The largest absolute Gasteiger partial charge is 0.330 e. The molecule has 3 heteroatoms. The Labute approximate surface area is 113 Å². The first-order chi connectivity index (χ1) is 8.63. The molecule has 0 unspecified atom stereocenters. The molecule has 1 aromatic carbocycles. The summed E-state index contributed by atoms with van der Waals surface area (Å²) in [5, 5.41) is 3.34. The van der Waals surface area contributed by atoms with E-state index in [1.54, 1.807) is 11.3 Å². The van der Waals surface area contributed by atoms with Crippen molar-refractivity contribution in [2.45, 2.75) is 33.6 Å². The lowest BCUT2D eigenvalue weighted by Crippen LogP contribution is -2.00. The summed E-state index contributed by atoms with van der Waals surface area (Å²) in [6.07, 6.45) is 2.00. The molecule has 0 radical (unpaired) electrons. The summed E-state index contributed by atoms with van der Waals surface area (Å²) in [7, 11) is 0. The highest BCUT2D eigenvalue weighted by molar-refractivity contribution is 7.09. The summed E-state index contributed by atoms with van der Waals surface area (Å²) < 4.78 is 0. The van der Waals surface area contributed by atoms with Crippen molar-refractivity contribution in [3.8, 4) is 11.3 Å². The van der Waals surface area contributed by atoms with Gasteiger partial charge in [-0.1, -0.05) is 12.1 Å². The first-order valence-electron chi connectivity index (χ1n) is 6.35. The van der Waals surface area contributed by atoms with Crippen LogP contribution in [0.15, 0.2) is 17.5 Å². The number of nitrogens with two attached hydrogens (primary N) is 1. The van der Waals surface area contributed by atoms with Crippen molar-refractivity contribution in [1.29, 1.82) is 0 Å². The molecule has 0 saturated heterocycles. The van der Waals surface area contributed by atoms with Gasteiger partial charge >= 0.3 is 0 Å². The van der Waals surface area contributed by atoms with Gasteiger partial charge in [0.25, 0.3) is 0 Å². The topological polar surface area (TPSA) is 38.9 Å². The van der Waals surface area contributed by atoms with E-state index < -0.39 is 0 Å². The number of rotatable bonds is 4. The second-order valence-corrected chi connectivity index (χ2v) is 5.64. The van der Waals surface area contributed by atoms with Gasteiger partial charge in [-0.3, -0.25) is 0 Å². The van der Waals surface area contributed by atoms with E-state index in [0.717, 1.165) is 25.1 Å². The lowest BCUT2D eigenvalue weighted by molar-refractivity contribution is 0.826. The summed E-state index contributed by atoms with van der Waals surface area (Å²) in [5.41, 5.74) is 11.9. The van der Waals surface area contributed by atoms with Gasteiger partial charge in [0, 0.05) is 17.4 Å². The number of benzene rings is 1. The standard InChI is InChI=1S/C15H20N2S/c1-10-6-7-13(12(3)11(10)2)14-9-18-15(17-14)5-4-8-16/h6-7,9H,4-5,8,16H2,1-3H3. The van der Waals surface area contributed by atoms with E-state index in [2.05, 4.69) is 38.3 Å². The van der Waals surface area contributed by atoms with Crippen LogP contribution in [0.4, 0.5) is 0 Å². The van der Waals surface area contributed by atoms with Crippen molar-refractivity contribution in [2.24, 2.45) is 5.73 Å². The molecule has 2 N–H and O–H groups in total. The molecule has 2 nitrogen and oxygen atoms in total. The van der Waals surface area contributed by atoms with E-state index in [4.69, 9.17) is 10.7 Å². The van der Waals surface area contributed by atoms with Gasteiger partial charge in [-0.15, -0.1) is 11.3 Å². The van der Waals surface area contributed by atoms with Crippen molar-refractivity contribution in [3.63, 3.8) is 0 Å². The van der Waals surface area contributed by atoms with E-state index >= 15 is 0 Å². The molecule has 0 aliphatic carbocycles. The molecule has 2 rings (SSSR count). The third kappa shape index (κ3) is 2.62. The van der Waals surface area contributed by atoms with Gasteiger partial charge in [-0.2, -0.15) is 0 Å². The molecule has 0 spiro atoms. The number of hydrogen-bond acceptors (Lipinski definition) is 3. The van der Waals surface area contributed by atoms with Crippen LogP contribution in [0.2, 0.25) is 0 Å². The van der Waals surface area contributed by atoms with E-state index in [9.17, 15) is 0 Å². The molecule has 1 heterocycles. The monoisotopic (exact) mass is 260 g/mol. The number of hydrogen-bond donors (Lipinski definition) is 1. The molecule has 0 aliphatic rings. The van der Waals surface area contributed by atoms with Crippen molar-refractivity contribution >= 4 is 11.3 Å². The molecular formula is C15H20N2S. The minimum Gasteiger partial charge on any atom is -0.330 e. The quantitative estimate of drug-likeness (QED) is 0.911. The van der Waals surface area contributed by atoms with E-state index in [1.807, 2.05) is 0 Å². The normalized spacial score (nSPS) is 10.9. The molecule has 0 aliphatic heterocycles. The molecule has 0 fully saturated rings. The fourth-order valence-corrected chi connectivity index (χ4v) is 2.88. The van der Waals surface area contributed by atoms with Crippen LogP contribution >= 0.6 is 11.3 Å². The predicted octanol–water partition coefficient (Wildman–Crippen LogP) is 3.63. The molecule has 1 aromatic heterocycles. The van der Waals surface area contributed by atoms with Gasteiger partial charge < -0.3 is 5.73 Å². The Balaban J connectivity index is 2.31. The predicted molar refractivity (Wildman–Crippen MR) is 79.1 cm³/mol. The molecular weight excluding hydrogens is 240 g/mol. The van der Waals surface area contributed by atoms with Crippen molar-refractivity contribution in [3.05, 3.63) is 39.2 Å². The fourth-order valence-electron chi connectivity index (χ4n) is 2.04. The van der Waals surface area contributed by atoms with Gasteiger partial charge in [0.2, 0.25) is 0 Å². The Bertz CT molecular complexity index is 543. The molecule has 2 aromatic rings. The molecule has 18 heavy (non-hydrogen) atoms. The number of thiazole rings is 1. The summed E-state index contributed by atoms with van der Waals surface area (Å²) in [4.78, 5) is 4.71. The van der Waals surface area contributed by atoms with Crippen LogP contribution in [0, 0.1) is 20.8 Å². The molecule has 0 bridgehead atoms. The van der Waals surface area contributed by atoms with Crippen LogP contribution in [-0.2, 0) is 6.42 Å². The zero-order valence-corrected chi connectivity index (χ0v) is 12.1. The van der Waals surface area contributed by atoms with E-state index in [0.29, 0.717) is 0 Å². The van der Waals surface area contributed by atoms with Crippen LogP contribution in [0.1, 0.15) is 28.1 Å². The lowest BCUT2D eigenvalue weighted by atomic mass is 9.97. The Morgan fingerprint density at radius 2 is 1.94 bits per heavy atom. The van der Waals surface area contributed by atoms with Crippen molar-refractivity contribution in [2.75, 3.05) is 6.54 Å². The first kappa shape index (κ1) is 13.2. The summed E-state index contributed by atoms with van der Waals surface area (Å²) in [5.74, 6) is 0. The third-order valence-corrected chi connectivity index (χ3v) is 4.39. The Hall–Kier alpha value is -1.19. The van der Waals surface area contributed by atoms with Crippen LogP contribution in [0.25, 0.3) is 11.3 Å². The molecule has 0 amide bonds. The average Bonchev–Trinajstić information content (AvgIpc) is 2.82. The van der Waals surface area contributed by atoms with Crippen LogP contribution in [0.3, 0.4) is 0 Å². The minimum atomic E-state index is 0.734. The van der Waals surface area contributed by atoms with Crippen LogP contribution in [0.5, 0.6) is 0 Å². The zero-order chi connectivity index (χ0) is 13.1. The number of aromatic nitrogens is 1. The molecule has 0 atom stereocenters. The van der Waals surface area contributed by atoms with Crippen LogP contribution in [-0.4, -0.2) is 11.5 Å². The van der Waals surface area contributed by atoms with Gasteiger partial charge in [-0.25, -0.2) is 4.98 Å². The van der Waals surface area contributed by atoms with Gasteiger partial charge in [0.15, 0.2) is 0 Å². The average molecular weight is 260 g/mol.